The second-order valence-electron chi connectivity index (χ2n) is 5.62. The molecule has 21 heavy (non-hydrogen) atoms. The first-order valence-electron chi connectivity index (χ1n) is 7.28. The number of carbonyl (C=O) groups excluding carboxylic acids is 1. The van der Waals surface area contributed by atoms with Crippen molar-refractivity contribution in [3.63, 3.8) is 0 Å². The van der Waals surface area contributed by atoms with Crippen molar-refractivity contribution in [3.05, 3.63) is 35.9 Å². The van der Waals surface area contributed by atoms with Crippen molar-refractivity contribution in [2.45, 2.75) is 31.7 Å². The second-order valence-corrected chi connectivity index (χ2v) is 5.62. The van der Waals surface area contributed by atoms with Crippen LogP contribution in [0.5, 0.6) is 0 Å². The Bertz CT molecular complexity index is 488. The largest absolute Gasteiger partial charge is 0.481 e. The zero-order valence-corrected chi connectivity index (χ0v) is 11.9. The molecule has 5 heteroatoms. The molecule has 3 atom stereocenters. The third kappa shape index (κ3) is 4.29. The lowest BCUT2D eigenvalue weighted by Gasteiger charge is -2.19. The van der Waals surface area contributed by atoms with Gasteiger partial charge < -0.3 is 15.5 Å². The molecule has 0 spiro atoms. The fraction of sp³-hybridized carbons (Fsp3) is 0.500. The van der Waals surface area contributed by atoms with E-state index in [9.17, 15) is 14.7 Å². The number of aliphatic hydroxyl groups excluding tert-OH is 1. The van der Waals surface area contributed by atoms with Crippen LogP contribution in [0.4, 0.5) is 0 Å². The lowest BCUT2D eigenvalue weighted by Crippen LogP contribution is -2.42. The van der Waals surface area contributed by atoms with Crippen molar-refractivity contribution in [3.8, 4) is 0 Å². The van der Waals surface area contributed by atoms with E-state index in [0.717, 1.165) is 5.56 Å². The number of carboxylic acids is 1. The minimum Gasteiger partial charge on any atom is -0.481 e. The monoisotopic (exact) mass is 291 g/mol. The number of nitrogens with one attached hydrogen (secondary N) is 1. The molecule has 0 heterocycles. The van der Waals surface area contributed by atoms with Crippen LogP contribution in [0.15, 0.2) is 30.3 Å². The van der Waals surface area contributed by atoms with Gasteiger partial charge in [0, 0.05) is 5.92 Å². The Labute approximate surface area is 124 Å². The maximum absolute atomic E-state index is 12.2. The number of rotatable bonds is 6. The third-order valence-electron chi connectivity index (χ3n) is 4.04. The average Bonchev–Trinajstić information content (AvgIpc) is 2.97. The van der Waals surface area contributed by atoms with Gasteiger partial charge in [0.2, 0.25) is 5.91 Å². The number of amides is 1. The van der Waals surface area contributed by atoms with Crippen molar-refractivity contribution in [2.75, 3.05) is 6.61 Å². The Morgan fingerprint density at radius 1 is 1.19 bits per heavy atom. The van der Waals surface area contributed by atoms with E-state index < -0.39 is 11.9 Å². The molecule has 1 amide bonds. The summed E-state index contributed by atoms with van der Waals surface area (Å²) >= 11 is 0. The predicted molar refractivity (Wildman–Crippen MR) is 77.6 cm³/mol. The highest BCUT2D eigenvalue weighted by atomic mass is 16.4. The summed E-state index contributed by atoms with van der Waals surface area (Å²) in [7, 11) is 0. The van der Waals surface area contributed by atoms with Crippen molar-refractivity contribution >= 4 is 11.9 Å². The minimum atomic E-state index is -0.826. The molecular weight excluding hydrogens is 270 g/mol. The molecule has 1 aliphatic carbocycles. The first-order valence-corrected chi connectivity index (χ1v) is 7.28. The molecule has 1 aliphatic rings. The summed E-state index contributed by atoms with van der Waals surface area (Å²) in [6.45, 7) is -0.129. The van der Waals surface area contributed by atoms with Crippen LogP contribution in [-0.2, 0) is 16.0 Å². The molecule has 1 aromatic carbocycles. The number of benzene rings is 1. The quantitative estimate of drug-likeness (QED) is 0.735. The summed E-state index contributed by atoms with van der Waals surface area (Å²) in [5.74, 6) is -1.64. The summed E-state index contributed by atoms with van der Waals surface area (Å²) in [5.41, 5.74) is 1.05. The predicted octanol–water partition coefficient (Wildman–Crippen LogP) is 1.21. The number of hydrogen-bond acceptors (Lipinski definition) is 3. The van der Waals surface area contributed by atoms with Crippen LogP contribution in [-0.4, -0.2) is 34.7 Å². The first kappa shape index (κ1) is 15.5. The maximum atomic E-state index is 12.2. The summed E-state index contributed by atoms with van der Waals surface area (Å²) in [6.07, 6.45) is 2.12. The molecular formula is C16H21NO4. The van der Waals surface area contributed by atoms with E-state index in [1.807, 2.05) is 30.3 Å². The van der Waals surface area contributed by atoms with Gasteiger partial charge in [-0.05, 0) is 31.2 Å². The van der Waals surface area contributed by atoms with Gasteiger partial charge in [-0.25, -0.2) is 0 Å². The molecule has 2 unspecified atom stereocenters. The average molecular weight is 291 g/mol. The Balaban J connectivity index is 1.87. The van der Waals surface area contributed by atoms with Gasteiger partial charge in [0.15, 0.2) is 0 Å². The van der Waals surface area contributed by atoms with E-state index in [2.05, 4.69) is 5.32 Å². The summed E-state index contributed by atoms with van der Waals surface area (Å²) in [4.78, 5) is 23.1. The van der Waals surface area contributed by atoms with Crippen molar-refractivity contribution in [1.82, 2.24) is 5.32 Å². The van der Waals surface area contributed by atoms with E-state index in [1.165, 1.54) is 0 Å². The van der Waals surface area contributed by atoms with Crippen LogP contribution >= 0.6 is 0 Å². The molecule has 1 fully saturated rings. The Kier molecular flexibility index (Phi) is 5.33. The van der Waals surface area contributed by atoms with Crippen LogP contribution < -0.4 is 5.32 Å². The molecule has 2 rings (SSSR count). The standard InChI is InChI=1S/C16H21NO4/c18-10-14(8-11-4-2-1-3-5-11)17-15(19)12-6-7-13(9-12)16(20)21/h1-5,12-14,18H,6-10H2,(H,17,19)(H,20,21)/t12?,13?,14-/m0/s1. The molecule has 0 radical (unpaired) electrons. The van der Waals surface area contributed by atoms with Gasteiger partial charge in [0.1, 0.15) is 0 Å². The van der Waals surface area contributed by atoms with E-state index in [1.54, 1.807) is 0 Å². The fourth-order valence-electron chi connectivity index (χ4n) is 2.82. The van der Waals surface area contributed by atoms with Crippen LogP contribution in [0, 0.1) is 11.8 Å². The molecule has 1 saturated carbocycles. The number of aliphatic carboxylic acids is 1. The van der Waals surface area contributed by atoms with E-state index in [-0.39, 0.29) is 24.5 Å². The van der Waals surface area contributed by atoms with E-state index in [4.69, 9.17) is 5.11 Å². The number of aliphatic hydroxyl groups is 1. The lowest BCUT2D eigenvalue weighted by molar-refractivity contribution is -0.141. The van der Waals surface area contributed by atoms with Gasteiger partial charge in [-0.3, -0.25) is 9.59 Å². The Morgan fingerprint density at radius 2 is 1.86 bits per heavy atom. The van der Waals surface area contributed by atoms with Gasteiger partial charge in [0.05, 0.1) is 18.6 Å². The smallest absolute Gasteiger partial charge is 0.306 e. The normalized spacial score (nSPS) is 22.7. The van der Waals surface area contributed by atoms with Gasteiger partial charge in [-0.2, -0.15) is 0 Å². The van der Waals surface area contributed by atoms with Gasteiger partial charge in [0.25, 0.3) is 0 Å². The number of hydrogen-bond donors (Lipinski definition) is 3. The van der Waals surface area contributed by atoms with E-state index >= 15 is 0 Å². The Hall–Kier alpha value is -1.88. The highest BCUT2D eigenvalue weighted by Gasteiger charge is 2.34. The molecule has 0 aromatic heterocycles. The summed E-state index contributed by atoms with van der Waals surface area (Å²) < 4.78 is 0. The van der Waals surface area contributed by atoms with Crippen LogP contribution in [0.25, 0.3) is 0 Å². The fourth-order valence-corrected chi connectivity index (χ4v) is 2.82. The van der Waals surface area contributed by atoms with E-state index in [0.29, 0.717) is 25.7 Å². The number of carbonyl (C=O) groups is 2. The zero-order valence-electron chi connectivity index (χ0n) is 11.9. The zero-order chi connectivity index (χ0) is 15.2. The molecule has 1 aromatic rings. The lowest BCUT2D eigenvalue weighted by atomic mass is 10.0. The molecule has 0 aliphatic heterocycles. The topological polar surface area (TPSA) is 86.6 Å². The summed E-state index contributed by atoms with van der Waals surface area (Å²) in [6, 6.07) is 9.32. The highest BCUT2D eigenvalue weighted by Crippen LogP contribution is 2.31. The third-order valence-corrected chi connectivity index (χ3v) is 4.04. The molecule has 114 valence electrons. The maximum Gasteiger partial charge on any atom is 0.306 e. The second kappa shape index (κ2) is 7.22. The van der Waals surface area contributed by atoms with Crippen molar-refractivity contribution in [2.24, 2.45) is 11.8 Å². The van der Waals surface area contributed by atoms with Gasteiger partial charge in [-0.15, -0.1) is 0 Å². The molecule has 3 N–H and O–H groups in total. The molecule has 0 saturated heterocycles. The minimum absolute atomic E-state index is 0.129. The molecule has 0 bridgehead atoms. The number of carboxylic acid groups (broad SMARTS) is 1. The van der Waals surface area contributed by atoms with Crippen molar-refractivity contribution in [1.29, 1.82) is 0 Å². The first-order chi connectivity index (χ1) is 10.1. The van der Waals surface area contributed by atoms with Crippen LogP contribution in [0.3, 0.4) is 0 Å². The van der Waals surface area contributed by atoms with Crippen molar-refractivity contribution < 1.29 is 19.8 Å². The summed E-state index contributed by atoms with van der Waals surface area (Å²) in [5, 5.41) is 21.2. The SMILES string of the molecule is O=C(O)C1CCC(C(=O)N[C@H](CO)Cc2ccccc2)C1. The van der Waals surface area contributed by atoms with Gasteiger partial charge >= 0.3 is 5.97 Å². The van der Waals surface area contributed by atoms with Gasteiger partial charge in [-0.1, -0.05) is 30.3 Å². The molecule has 5 nitrogen and oxygen atoms in total. The van der Waals surface area contributed by atoms with Crippen LogP contribution in [0.2, 0.25) is 0 Å². The highest BCUT2D eigenvalue weighted by molar-refractivity contribution is 5.81. The Morgan fingerprint density at radius 3 is 2.43 bits per heavy atom. The van der Waals surface area contributed by atoms with Crippen LogP contribution in [0.1, 0.15) is 24.8 Å².